The van der Waals surface area contributed by atoms with Crippen LogP contribution in [0.4, 0.5) is 4.39 Å². The number of halogens is 2. The van der Waals surface area contributed by atoms with Crippen LogP contribution in [0.15, 0.2) is 48.5 Å². The van der Waals surface area contributed by atoms with Crippen molar-refractivity contribution in [3.05, 3.63) is 70.5 Å². The summed E-state index contributed by atoms with van der Waals surface area (Å²) < 4.78 is 14.0. The molecule has 20 heavy (non-hydrogen) atoms. The van der Waals surface area contributed by atoms with Crippen LogP contribution in [0.5, 0.6) is 0 Å². The van der Waals surface area contributed by atoms with Gasteiger partial charge in [0.15, 0.2) is 0 Å². The molecule has 0 radical (unpaired) electrons. The Bertz CT molecular complexity index is 564. The van der Waals surface area contributed by atoms with E-state index in [-0.39, 0.29) is 12.4 Å². The fraction of sp³-hybridized carbons (Fsp3) is 0.294. The summed E-state index contributed by atoms with van der Waals surface area (Å²) in [5.41, 5.74) is 1.14. The van der Waals surface area contributed by atoms with Crippen LogP contribution >= 0.6 is 11.6 Å². The molecule has 0 aliphatic heterocycles. The average molecular weight is 293 g/mol. The Morgan fingerprint density at radius 3 is 2.40 bits per heavy atom. The van der Waals surface area contributed by atoms with Crippen LogP contribution in [-0.2, 0) is 11.8 Å². The van der Waals surface area contributed by atoms with Crippen LogP contribution in [0.3, 0.4) is 0 Å². The van der Waals surface area contributed by atoms with Crippen molar-refractivity contribution in [2.45, 2.75) is 25.2 Å². The molecule has 0 spiro atoms. The first-order valence-corrected chi connectivity index (χ1v) is 7.09. The number of hydrogen-bond acceptors (Lipinski definition) is 1. The Morgan fingerprint density at radius 1 is 1.15 bits per heavy atom. The Labute approximate surface area is 124 Å². The summed E-state index contributed by atoms with van der Waals surface area (Å²) in [6.07, 6.45) is 1.18. The molecule has 1 unspecified atom stereocenters. The third-order valence-electron chi connectivity index (χ3n) is 3.91. The lowest BCUT2D eigenvalue weighted by atomic mass is 9.74. The van der Waals surface area contributed by atoms with Crippen molar-refractivity contribution in [2.24, 2.45) is 0 Å². The Morgan fingerprint density at radius 2 is 1.85 bits per heavy atom. The van der Waals surface area contributed by atoms with Gasteiger partial charge in [0.2, 0.25) is 0 Å². The van der Waals surface area contributed by atoms with Gasteiger partial charge in [-0.25, -0.2) is 4.39 Å². The predicted molar refractivity (Wildman–Crippen MR) is 80.6 cm³/mol. The number of rotatable bonds is 5. The van der Waals surface area contributed by atoms with Gasteiger partial charge in [0, 0.05) is 10.4 Å². The largest absolute Gasteiger partial charge is 0.395 e. The highest BCUT2D eigenvalue weighted by molar-refractivity contribution is 6.30. The molecule has 2 aromatic rings. The first-order valence-electron chi connectivity index (χ1n) is 6.71. The second-order valence-corrected chi connectivity index (χ2v) is 5.51. The molecule has 1 N–H and O–H groups in total. The van der Waals surface area contributed by atoms with Crippen LogP contribution in [0, 0.1) is 5.82 Å². The first kappa shape index (κ1) is 15.0. The van der Waals surface area contributed by atoms with E-state index in [0.717, 1.165) is 12.0 Å². The Kier molecular flexibility index (Phi) is 4.79. The highest BCUT2D eigenvalue weighted by Crippen LogP contribution is 2.32. The molecule has 2 aromatic carbocycles. The van der Waals surface area contributed by atoms with Crippen LogP contribution < -0.4 is 0 Å². The molecule has 2 rings (SSSR count). The zero-order chi connectivity index (χ0) is 14.6. The van der Waals surface area contributed by atoms with E-state index in [2.05, 4.69) is 0 Å². The molecule has 1 nitrogen and oxygen atoms in total. The van der Waals surface area contributed by atoms with Crippen molar-refractivity contribution in [2.75, 3.05) is 6.61 Å². The van der Waals surface area contributed by atoms with Gasteiger partial charge in [0.1, 0.15) is 5.82 Å². The quantitative estimate of drug-likeness (QED) is 0.868. The second-order valence-electron chi connectivity index (χ2n) is 5.07. The smallest absolute Gasteiger partial charge is 0.127 e. The molecule has 0 bridgehead atoms. The van der Waals surface area contributed by atoms with Gasteiger partial charge in [0.25, 0.3) is 0 Å². The van der Waals surface area contributed by atoms with E-state index in [4.69, 9.17) is 11.6 Å². The lowest BCUT2D eigenvalue weighted by Gasteiger charge is -2.31. The third kappa shape index (κ3) is 3.02. The number of hydrogen-bond donors (Lipinski definition) is 1. The van der Waals surface area contributed by atoms with Gasteiger partial charge in [-0.1, -0.05) is 54.9 Å². The third-order valence-corrected chi connectivity index (χ3v) is 4.14. The van der Waals surface area contributed by atoms with Gasteiger partial charge in [0.05, 0.1) is 6.61 Å². The van der Waals surface area contributed by atoms with Crippen LogP contribution in [0.25, 0.3) is 0 Å². The number of benzene rings is 2. The van der Waals surface area contributed by atoms with E-state index >= 15 is 0 Å². The molecule has 106 valence electrons. The summed E-state index contributed by atoms with van der Waals surface area (Å²) in [5.74, 6) is -0.320. The average Bonchev–Trinajstić information content (AvgIpc) is 2.48. The molecular weight excluding hydrogens is 275 g/mol. The van der Waals surface area contributed by atoms with E-state index in [1.165, 1.54) is 6.07 Å². The second kappa shape index (κ2) is 6.38. The molecule has 1 atom stereocenters. The molecule has 0 heterocycles. The summed E-state index contributed by atoms with van der Waals surface area (Å²) in [4.78, 5) is 0. The highest BCUT2D eigenvalue weighted by atomic mass is 35.5. The SMILES string of the molecule is CCC(CO)(Cc1ccc(Cl)cc1F)c1ccccc1. The van der Waals surface area contributed by atoms with Gasteiger partial charge >= 0.3 is 0 Å². The minimum atomic E-state index is -0.462. The van der Waals surface area contributed by atoms with Gasteiger partial charge in [-0.2, -0.15) is 0 Å². The van der Waals surface area contributed by atoms with Crippen LogP contribution in [0.2, 0.25) is 5.02 Å². The predicted octanol–water partition coefficient (Wildman–Crippen LogP) is 4.36. The Balaban J connectivity index is 2.39. The molecule has 0 amide bonds. The van der Waals surface area contributed by atoms with Crippen molar-refractivity contribution < 1.29 is 9.50 Å². The molecule has 0 fully saturated rings. The van der Waals surface area contributed by atoms with Crippen LogP contribution in [-0.4, -0.2) is 11.7 Å². The van der Waals surface area contributed by atoms with Gasteiger partial charge < -0.3 is 5.11 Å². The molecule has 0 saturated heterocycles. The minimum absolute atomic E-state index is 0.0183. The molecule has 0 saturated carbocycles. The van der Waals surface area contributed by atoms with E-state index in [9.17, 15) is 9.50 Å². The summed E-state index contributed by atoms with van der Waals surface area (Å²) in [6, 6.07) is 14.5. The lowest BCUT2D eigenvalue weighted by Crippen LogP contribution is -2.32. The maximum atomic E-state index is 14.0. The summed E-state index contributed by atoms with van der Waals surface area (Å²) in [5, 5.41) is 10.3. The van der Waals surface area contributed by atoms with E-state index in [1.54, 1.807) is 12.1 Å². The summed E-state index contributed by atoms with van der Waals surface area (Å²) in [7, 11) is 0. The summed E-state index contributed by atoms with van der Waals surface area (Å²) >= 11 is 5.78. The van der Waals surface area contributed by atoms with Crippen molar-refractivity contribution in [1.29, 1.82) is 0 Å². The fourth-order valence-electron chi connectivity index (χ4n) is 2.51. The fourth-order valence-corrected chi connectivity index (χ4v) is 2.67. The van der Waals surface area contributed by atoms with Gasteiger partial charge in [-0.05, 0) is 36.1 Å². The molecular formula is C17H18ClFO. The van der Waals surface area contributed by atoms with Crippen molar-refractivity contribution in [3.8, 4) is 0 Å². The molecule has 0 aliphatic carbocycles. The maximum absolute atomic E-state index is 14.0. The normalized spacial score (nSPS) is 14.0. The van der Waals surface area contributed by atoms with Crippen molar-refractivity contribution in [3.63, 3.8) is 0 Å². The van der Waals surface area contributed by atoms with E-state index in [1.807, 2.05) is 37.3 Å². The van der Waals surface area contributed by atoms with Gasteiger partial charge in [-0.3, -0.25) is 0 Å². The minimum Gasteiger partial charge on any atom is -0.395 e. The number of aliphatic hydroxyl groups excluding tert-OH is 1. The molecule has 3 heteroatoms. The van der Waals surface area contributed by atoms with Gasteiger partial charge in [-0.15, -0.1) is 0 Å². The first-order chi connectivity index (χ1) is 9.61. The molecule has 0 aromatic heterocycles. The monoisotopic (exact) mass is 292 g/mol. The summed E-state index contributed by atoms with van der Waals surface area (Å²) in [6.45, 7) is 1.99. The molecule has 0 aliphatic rings. The zero-order valence-electron chi connectivity index (χ0n) is 11.4. The topological polar surface area (TPSA) is 20.2 Å². The Hall–Kier alpha value is -1.38. The van der Waals surface area contributed by atoms with Crippen molar-refractivity contribution >= 4 is 11.6 Å². The van der Waals surface area contributed by atoms with Crippen molar-refractivity contribution in [1.82, 2.24) is 0 Å². The maximum Gasteiger partial charge on any atom is 0.127 e. The zero-order valence-corrected chi connectivity index (χ0v) is 12.2. The standard InChI is InChI=1S/C17H18ClFO/c1-2-17(12-20,14-6-4-3-5-7-14)11-13-8-9-15(18)10-16(13)19/h3-10,20H,2,11-12H2,1H3. The van der Waals surface area contributed by atoms with E-state index in [0.29, 0.717) is 17.0 Å². The highest BCUT2D eigenvalue weighted by Gasteiger charge is 2.30. The lowest BCUT2D eigenvalue weighted by molar-refractivity contribution is 0.185. The van der Waals surface area contributed by atoms with Crippen LogP contribution in [0.1, 0.15) is 24.5 Å². The number of aliphatic hydroxyl groups is 1. The van der Waals surface area contributed by atoms with E-state index < -0.39 is 5.41 Å².